The van der Waals surface area contributed by atoms with Crippen LogP contribution < -0.4 is 5.73 Å². The van der Waals surface area contributed by atoms with Crippen LogP contribution in [-0.2, 0) is 19.2 Å². The largest absolute Gasteiger partial charge is 0.349 e. The van der Waals surface area contributed by atoms with Gasteiger partial charge in [-0.25, -0.2) is 4.79 Å². The smallest absolute Gasteiger partial charge is 0.329 e. The number of hydrogen-bond donors (Lipinski definition) is 1. The first-order valence-electron chi connectivity index (χ1n) is 5.30. The maximum Gasteiger partial charge on any atom is 0.349 e. The summed E-state index contributed by atoms with van der Waals surface area (Å²) in [7, 11) is 0. The average Bonchev–Trinajstić information content (AvgIpc) is 2.58. The zero-order chi connectivity index (χ0) is 12.3. The van der Waals surface area contributed by atoms with E-state index in [1.165, 1.54) is 0 Å². The highest BCUT2D eigenvalue weighted by Gasteiger charge is 2.34. The second kappa shape index (κ2) is 5.07. The third kappa shape index (κ3) is 2.57. The molecular formula is C10H16N2O4. The van der Waals surface area contributed by atoms with Crippen molar-refractivity contribution < 1.29 is 19.2 Å². The van der Waals surface area contributed by atoms with Gasteiger partial charge in [-0.1, -0.05) is 20.3 Å². The van der Waals surface area contributed by atoms with Crippen molar-refractivity contribution >= 4 is 17.8 Å². The van der Waals surface area contributed by atoms with Gasteiger partial charge in [-0.3, -0.25) is 9.59 Å². The molecule has 0 aromatic heterocycles. The van der Waals surface area contributed by atoms with E-state index < -0.39 is 23.8 Å². The average molecular weight is 232 g/mol. The van der Waals surface area contributed by atoms with Crippen molar-refractivity contribution in [2.75, 3.05) is 0 Å². The van der Waals surface area contributed by atoms with Gasteiger partial charge in [0.2, 0.25) is 0 Å². The standard InChI is InChI=1S/C10H16N2O4/c1-3-6(2)9(11)10(15)16-12-7(13)4-5-8(12)14/h6,9H,3-5,11H2,1-2H3/i10+1,11+1,15+2. The van der Waals surface area contributed by atoms with Gasteiger partial charge in [-0.05, 0) is 5.92 Å². The van der Waals surface area contributed by atoms with Crippen LogP contribution in [0.15, 0.2) is 0 Å². The number of nitrogens with zero attached hydrogens (tertiary/aromatic N) is 1. The van der Waals surface area contributed by atoms with Gasteiger partial charge in [0.25, 0.3) is 11.8 Å². The maximum atomic E-state index is 11.5. The summed E-state index contributed by atoms with van der Waals surface area (Å²) in [6.07, 6.45) is 0.896. The van der Waals surface area contributed by atoms with Crippen LogP contribution in [0.25, 0.3) is 0 Å². The number of imide groups is 1. The van der Waals surface area contributed by atoms with Crippen LogP contribution in [0.3, 0.4) is 0 Å². The molecule has 1 fully saturated rings. The molecule has 0 radical (unpaired) electrons. The summed E-state index contributed by atoms with van der Waals surface area (Å²) in [6.45, 7) is 3.70. The number of carbonyl (C=O) groups excluding carboxylic acids is 3. The van der Waals surface area contributed by atoms with Crippen molar-refractivity contribution in [2.24, 2.45) is 11.7 Å². The van der Waals surface area contributed by atoms with Crippen LogP contribution in [0.5, 0.6) is 0 Å². The SMILES string of the molecule is CCC(C)C([15NH2])[13C](=[18O])ON1C(=O)CCC1=O. The molecule has 1 aliphatic heterocycles. The van der Waals surface area contributed by atoms with Crippen molar-refractivity contribution in [3.05, 3.63) is 0 Å². The summed E-state index contributed by atoms with van der Waals surface area (Å²) in [5, 5.41) is 0.518. The fourth-order valence-electron chi connectivity index (χ4n) is 1.29. The summed E-state index contributed by atoms with van der Waals surface area (Å²) in [4.78, 5) is 38.5. The molecule has 0 aliphatic carbocycles. The van der Waals surface area contributed by atoms with Gasteiger partial charge in [0, 0.05) is 12.8 Å². The van der Waals surface area contributed by atoms with Crippen LogP contribution in [-0.4, -0.2) is 28.9 Å². The molecule has 0 aromatic rings. The highest BCUT2D eigenvalue weighted by molar-refractivity contribution is 6.01. The molecule has 16 heavy (non-hydrogen) atoms. The molecule has 6 nitrogen and oxygen atoms in total. The van der Waals surface area contributed by atoms with Crippen LogP contribution in [0.2, 0.25) is 0 Å². The molecule has 1 rings (SSSR count). The molecule has 0 aromatic carbocycles. The zero-order valence-corrected chi connectivity index (χ0v) is 9.43. The quantitative estimate of drug-likeness (QED) is 0.318. The fourth-order valence-corrected chi connectivity index (χ4v) is 1.29. The Hall–Kier alpha value is -1.43. The monoisotopic (exact) mass is 232 g/mol. The molecule has 2 atom stereocenters. The predicted octanol–water partition coefficient (Wildman–Crippen LogP) is -0.0330. The number of amides is 2. The summed E-state index contributed by atoms with van der Waals surface area (Å²) in [6, 6.07) is -0.814. The molecule has 0 saturated carbocycles. The first-order chi connectivity index (χ1) is 7.47. The number of hydrogen-bond acceptors (Lipinski definition) is 5. The molecule has 1 heterocycles. The van der Waals surface area contributed by atoms with Gasteiger partial charge in [-0.2, -0.15) is 0 Å². The summed E-state index contributed by atoms with van der Waals surface area (Å²) < 4.78 is 0. The second-order valence-electron chi connectivity index (χ2n) is 3.90. The Morgan fingerprint density at radius 3 is 2.44 bits per heavy atom. The van der Waals surface area contributed by atoms with Crippen molar-refractivity contribution in [1.29, 1.82) is 0 Å². The van der Waals surface area contributed by atoms with Crippen molar-refractivity contribution in [1.82, 2.24) is 5.06 Å². The molecule has 0 spiro atoms. The molecule has 0 bridgehead atoms. The Balaban J connectivity index is 2.57. The number of rotatable bonds is 4. The molecular weight excluding hydrogens is 216 g/mol. The minimum atomic E-state index is -0.814. The topological polar surface area (TPSA) is 89.7 Å². The maximum absolute atomic E-state index is 11.5. The van der Waals surface area contributed by atoms with Crippen LogP contribution >= 0.6 is 0 Å². The van der Waals surface area contributed by atoms with E-state index in [4.69, 9.17) is 10.6 Å². The predicted molar refractivity (Wildman–Crippen MR) is 54.6 cm³/mol. The van der Waals surface area contributed by atoms with Crippen molar-refractivity contribution in [3.63, 3.8) is 0 Å². The van der Waals surface area contributed by atoms with Gasteiger partial charge in [-0.15, -0.1) is 5.06 Å². The van der Waals surface area contributed by atoms with Gasteiger partial charge >= 0.3 is 5.97 Å². The molecule has 90 valence electrons. The van der Waals surface area contributed by atoms with Gasteiger partial charge in [0.1, 0.15) is 6.04 Å². The van der Waals surface area contributed by atoms with E-state index in [-0.39, 0.29) is 18.8 Å². The molecule has 1 aliphatic rings. The van der Waals surface area contributed by atoms with Crippen molar-refractivity contribution in [3.8, 4) is 0 Å². The molecule has 2 unspecified atom stereocenters. The third-order valence-electron chi connectivity index (χ3n) is 2.72. The Morgan fingerprint density at radius 1 is 1.50 bits per heavy atom. The lowest BCUT2D eigenvalue weighted by molar-refractivity contribution is -0.199. The summed E-state index contributed by atoms with van der Waals surface area (Å²) in [5.74, 6) is -1.78. The van der Waals surface area contributed by atoms with E-state index in [2.05, 4.69) is 0 Å². The minimum absolute atomic E-state index is 0.0553. The number of hydroxylamine groups is 2. The van der Waals surface area contributed by atoms with E-state index in [9.17, 15) is 14.4 Å². The Morgan fingerprint density at radius 2 is 2.00 bits per heavy atom. The normalized spacial score (nSPS) is 19.8. The lowest BCUT2D eigenvalue weighted by atomic mass is 10.1. The van der Waals surface area contributed by atoms with E-state index in [1.807, 2.05) is 6.92 Å². The Kier molecular flexibility index (Phi) is 4.00. The molecule has 6 heteroatoms. The summed E-state index contributed by atoms with van der Waals surface area (Å²) >= 11 is 0. The van der Waals surface area contributed by atoms with E-state index in [0.29, 0.717) is 5.06 Å². The summed E-state index contributed by atoms with van der Waals surface area (Å²) in [5.41, 5.74) is 5.62. The second-order valence-corrected chi connectivity index (χ2v) is 3.90. The van der Waals surface area contributed by atoms with Gasteiger partial charge in [0.05, 0.1) is 0 Å². The first kappa shape index (κ1) is 12.6. The van der Waals surface area contributed by atoms with Crippen LogP contribution in [0.4, 0.5) is 0 Å². The van der Waals surface area contributed by atoms with Crippen molar-refractivity contribution in [2.45, 2.75) is 39.2 Å². The zero-order valence-electron chi connectivity index (χ0n) is 9.43. The van der Waals surface area contributed by atoms with Gasteiger partial charge < -0.3 is 10.6 Å². The highest BCUT2D eigenvalue weighted by atomic mass is 18.1. The number of carbonyl (C=O) groups is 3. The van der Waals surface area contributed by atoms with Crippen LogP contribution in [0, 0.1) is 5.92 Å². The lowest BCUT2D eigenvalue weighted by Gasteiger charge is -2.19. The third-order valence-corrected chi connectivity index (χ3v) is 2.72. The Labute approximate surface area is 93.7 Å². The highest BCUT2D eigenvalue weighted by Crippen LogP contribution is 2.14. The number of nitrogens with two attached hydrogens (primary N) is 1. The lowest BCUT2D eigenvalue weighted by Crippen LogP contribution is -2.43. The fraction of sp³-hybridized carbons (Fsp3) is 0.700. The first-order valence-corrected chi connectivity index (χ1v) is 5.30. The van der Waals surface area contributed by atoms with E-state index >= 15 is 0 Å². The molecule has 2 amide bonds. The molecule has 1 saturated heterocycles. The Bertz CT molecular complexity index is 300. The van der Waals surface area contributed by atoms with Crippen LogP contribution in [0.1, 0.15) is 33.1 Å². The van der Waals surface area contributed by atoms with E-state index in [1.54, 1.807) is 6.92 Å². The molecule has 2 N–H and O–H groups in total. The van der Waals surface area contributed by atoms with Gasteiger partial charge in [0.15, 0.2) is 0 Å². The minimum Gasteiger partial charge on any atom is -0.329 e. The van der Waals surface area contributed by atoms with E-state index in [0.717, 1.165) is 6.42 Å².